The van der Waals surface area contributed by atoms with Gasteiger partial charge in [-0.3, -0.25) is 0 Å². The second-order valence-electron chi connectivity index (χ2n) is 7.74. The van der Waals surface area contributed by atoms with Gasteiger partial charge in [0, 0.05) is 26.7 Å². The standard InChI is InChI=1S/C26H19BrN2/c1-16-12-13-19-18(14-16)15-24(20-8-2-3-9-21(20)27)29-23-11-5-7-17-6-4-10-22(25(17)23)28-26(19)29/h2-15,26,28H,1H3. The first kappa shape index (κ1) is 16.9. The second kappa shape index (κ2) is 6.23. The van der Waals surface area contributed by atoms with Crippen molar-refractivity contribution in [1.82, 2.24) is 0 Å². The Hall–Kier alpha value is -3.04. The molecule has 0 bridgehead atoms. The van der Waals surface area contributed by atoms with E-state index in [1.165, 1.54) is 50.1 Å². The van der Waals surface area contributed by atoms with Crippen LogP contribution in [0.25, 0.3) is 22.5 Å². The van der Waals surface area contributed by atoms with Crippen LogP contribution in [0.2, 0.25) is 0 Å². The minimum Gasteiger partial charge on any atom is -0.361 e. The second-order valence-corrected chi connectivity index (χ2v) is 8.59. The highest BCUT2D eigenvalue weighted by molar-refractivity contribution is 9.10. The quantitative estimate of drug-likeness (QED) is 0.334. The summed E-state index contributed by atoms with van der Waals surface area (Å²) in [6, 6.07) is 28.3. The van der Waals surface area contributed by atoms with Crippen LogP contribution in [0.3, 0.4) is 0 Å². The monoisotopic (exact) mass is 438 g/mol. The molecule has 1 N–H and O–H groups in total. The molecule has 3 heteroatoms. The Kier molecular flexibility index (Phi) is 3.62. The molecular weight excluding hydrogens is 420 g/mol. The third-order valence-corrected chi connectivity index (χ3v) is 6.62. The number of nitrogens with zero attached hydrogens (tertiary/aromatic N) is 1. The van der Waals surface area contributed by atoms with Crippen molar-refractivity contribution < 1.29 is 0 Å². The fourth-order valence-electron chi connectivity index (χ4n) is 4.64. The maximum atomic E-state index is 3.83. The maximum absolute atomic E-state index is 3.83. The molecule has 140 valence electrons. The number of benzene rings is 4. The summed E-state index contributed by atoms with van der Waals surface area (Å²) in [5.41, 5.74) is 8.69. The van der Waals surface area contributed by atoms with Crippen LogP contribution in [0, 0.1) is 6.92 Å². The summed E-state index contributed by atoms with van der Waals surface area (Å²) in [5, 5.41) is 6.36. The summed E-state index contributed by atoms with van der Waals surface area (Å²) in [6.07, 6.45) is 2.38. The highest BCUT2D eigenvalue weighted by atomic mass is 79.9. The number of halogens is 1. The molecule has 0 aliphatic carbocycles. The molecule has 0 radical (unpaired) electrons. The number of aryl methyl sites for hydroxylation is 1. The summed E-state index contributed by atoms with van der Waals surface area (Å²) in [6.45, 7) is 2.16. The first-order valence-electron chi connectivity index (χ1n) is 9.85. The van der Waals surface area contributed by atoms with Gasteiger partial charge in [-0.05, 0) is 42.1 Å². The zero-order valence-electron chi connectivity index (χ0n) is 16.0. The van der Waals surface area contributed by atoms with Gasteiger partial charge in [0.15, 0.2) is 0 Å². The Morgan fingerprint density at radius 3 is 2.59 bits per heavy atom. The Balaban J connectivity index is 1.69. The number of rotatable bonds is 1. The molecule has 2 nitrogen and oxygen atoms in total. The van der Waals surface area contributed by atoms with Gasteiger partial charge in [-0.15, -0.1) is 0 Å². The molecule has 0 saturated heterocycles. The molecule has 0 spiro atoms. The molecule has 4 aromatic carbocycles. The molecule has 6 rings (SSSR count). The molecule has 4 aromatic rings. The average molecular weight is 439 g/mol. The van der Waals surface area contributed by atoms with Gasteiger partial charge in [0.2, 0.25) is 0 Å². The normalized spacial score (nSPS) is 16.7. The SMILES string of the molecule is Cc1ccc2c(c1)C=C(c1ccccc1Br)N1c3cccc4cccc(c34)NC21. The average Bonchev–Trinajstić information content (AvgIpc) is 2.74. The van der Waals surface area contributed by atoms with Crippen LogP contribution in [0.15, 0.2) is 83.3 Å². The van der Waals surface area contributed by atoms with Crippen molar-refractivity contribution in [2.45, 2.75) is 13.1 Å². The minimum atomic E-state index is 0.0539. The summed E-state index contributed by atoms with van der Waals surface area (Å²) >= 11 is 3.78. The first-order valence-corrected chi connectivity index (χ1v) is 10.6. The Bertz CT molecular complexity index is 1320. The van der Waals surface area contributed by atoms with Gasteiger partial charge in [0.25, 0.3) is 0 Å². The van der Waals surface area contributed by atoms with Gasteiger partial charge in [0.1, 0.15) is 6.17 Å². The fourth-order valence-corrected chi connectivity index (χ4v) is 5.13. The van der Waals surface area contributed by atoms with Gasteiger partial charge < -0.3 is 10.2 Å². The zero-order valence-corrected chi connectivity index (χ0v) is 17.6. The molecule has 29 heavy (non-hydrogen) atoms. The minimum absolute atomic E-state index is 0.0539. The third kappa shape index (κ3) is 2.47. The Labute approximate surface area is 178 Å². The van der Waals surface area contributed by atoms with Gasteiger partial charge >= 0.3 is 0 Å². The van der Waals surface area contributed by atoms with E-state index in [1.54, 1.807) is 0 Å². The van der Waals surface area contributed by atoms with E-state index in [9.17, 15) is 0 Å². The van der Waals surface area contributed by atoms with Crippen molar-refractivity contribution in [2.75, 3.05) is 10.2 Å². The van der Waals surface area contributed by atoms with Crippen LogP contribution in [-0.4, -0.2) is 0 Å². The van der Waals surface area contributed by atoms with E-state index in [-0.39, 0.29) is 6.17 Å². The predicted molar refractivity (Wildman–Crippen MR) is 126 cm³/mol. The van der Waals surface area contributed by atoms with Crippen molar-refractivity contribution in [1.29, 1.82) is 0 Å². The largest absolute Gasteiger partial charge is 0.361 e. The lowest BCUT2D eigenvalue weighted by atomic mass is 9.90. The van der Waals surface area contributed by atoms with E-state index in [2.05, 4.69) is 118 Å². The van der Waals surface area contributed by atoms with Gasteiger partial charge in [-0.25, -0.2) is 0 Å². The van der Waals surface area contributed by atoms with Crippen LogP contribution >= 0.6 is 15.9 Å². The molecule has 2 aliphatic rings. The lowest BCUT2D eigenvalue weighted by molar-refractivity contribution is 0.781. The van der Waals surface area contributed by atoms with E-state index in [1.807, 2.05) is 0 Å². The number of hydrogen-bond donors (Lipinski definition) is 1. The Morgan fingerprint density at radius 1 is 0.897 bits per heavy atom. The highest BCUT2D eigenvalue weighted by Gasteiger charge is 2.35. The smallest absolute Gasteiger partial charge is 0.131 e. The summed E-state index contributed by atoms with van der Waals surface area (Å²) in [5.74, 6) is 0. The van der Waals surface area contributed by atoms with Crippen LogP contribution in [-0.2, 0) is 0 Å². The lowest BCUT2D eigenvalue weighted by Crippen LogP contribution is -2.37. The van der Waals surface area contributed by atoms with Gasteiger partial charge in [-0.2, -0.15) is 0 Å². The number of hydrogen-bond acceptors (Lipinski definition) is 2. The van der Waals surface area contributed by atoms with Crippen molar-refractivity contribution in [3.8, 4) is 0 Å². The molecule has 0 fully saturated rings. The highest BCUT2D eigenvalue weighted by Crippen LogP contribution is 2.50. The molecule has 0 aromatic heterocycles. The third-order valence-electron chi connectivity index (χ3n) is 5.93. The molecule has 2 heterocycles. The van der Waals surface area contributed by atoms with E-state index in [0.29, 0.717) is 0 Å². The molecule has 1 unspecified atom stereocenters. The molecule has 0 saturated carbocycles. The van der Waals surface area contributed by atoms with Crippen molar-refractivity contribution in [2.24, 2.45) is 0 Å². The van der Waals surface area contributed by atoms with Crippen molar-refractivity contribution >= 4 is 49.9 Å². The van der Waals surface area contributed by atoms with Crippen LogP contribution < -0.4 is 10.2 Å². The van der Waals surface area contributed by atoms with Crippen LogP contribution in [0.5, 0.6) is 0 Å². The Morgan fingerprint density at radius 2 is 1.72 bits per heavy atom. The number of nitrogens with one attached hydrogen (secondary N) is 1. The van der Waals surface area contributed by atoms with E-state index in [0.717, 1.165) is 4.47 Å². The first-order chi connectivity index (χ1) is 14.2. The van der Waals surface area contributed by atoms with Crippen LogP contribution in [0.4, 0.5) is 11.4 Å². The van der Waals surface area contributed by atoms with Crippen molar-refractivity contribution in [3.05, 3.63) is 106 Å². The number of anilines is 2. The van der Waals surface area contributed by atoms with E-state index < -0.39 is 0 Å². The predicted octanol–water partition coefficient (Wildman–Crippen LogP) is 7.35. The lowest BCUT2D eigenvalue weighted by Gasteiger charge is -2.44. The fraction of sp³-hybridized carbons (Fsp3) is 0.0769. The molecule has 0 amide bonds. The van der Waals surface area contributed by atoms with E-state index >= 15 is 0 Å². The van der Waals surface area contributed by atoms with Gasteiger partial charge in [-0.1, -0.05) is 82.2 Å². The topological polar surface area (TPSA) is 15.3 Å². The maximum Gasteiger partial charge on any atom is 0.131 e. The molecule has 1 atom stereocenters. The van der Waals surface area contributed by atoms with Crippen molar-refractivity contribution in [3.63, 3.8) is 0 Å². The number of fused-ring (bicyclic) bond motifs is 4. The summed E-state index contributed by atoms with van der Waals surface area (Å²) in [7, 11) is 0. The van der Waals surface area contributed by atoms with E-state index in [4.69, 9.17) is 0 Å². The summed E-state index contributed by atoms with van der Waals surface area (Å²) in [4.78, 5) is 2.45. The van der Waals surface area contributed by atoms with Crippen LogP contribution in [0.1, 0.15) is 28.4 Å². The molecule has 2 aliphatic heterocycles. The zero-order chi connectivity index (χ0) is 19.5. The van der Waals surface area contributed by atoms with Gasteiger partial charge in [0.05, 0.1) is 11.4 Å². The summed E-state index contributed by atoms with van der Waals surface area (Å²) < 4.78 is 1.10. The molecular formula is C26H19BrN2.